The second-order valence-corrected chi connectivity index (χ2v) is 5.16. The van der Waals surface area contributed by atoms with Gasteiger partial charge in [-0.2, -0.15) is 0 Å². The predicted octanol–water partition coefficient (Wildman–Crippen LogP) is 3.23. The van der Waals surface area contributed by atoms with Crippen LogP contribution in [0.2, 0.25) is 0 Å². The van der Waals surface area contributed by atoms with Crippen LogP contribution in [0.3, 0.4) is 0 Å². The lowest BCUT2D eigenvalue weighted by Gasteiger charge is -2.20. The molecular formula is C12H18BrFN2. The molecule has 0 aromatic heterocycles. The molecule has 1 atom stereocenters. The molecule has 0 amide bonds. The summed E-state index contributed by atoms with van der Waals surface area (Å²) >= 11 is 3.32. The Hall–Kier alpha value is -0.610. The number of hydrogen-bond donors (Lipinski definition) is 2. The zero-order valence-electron chi connectivity index (χ0n) is 9.63. The van der Waals surface area contributed by atoms with Gasteiger partial charge in [0.05, 0.1) is 5.69 Å². The Balaban J connectivity index is 2.63. The Bertz CT molecular complexity index is 342. The molecule has 0 heterocycles. The maximum atomic E-state index is 13.4. The maximum absolute atomic E-state index is 13.4. The number of benzene rings is 1. The molecule has 0 radical (unpaired) electrons. The molecule has 0 bridgehead atoms. The van der Waals surface area contributed by atoms with Gasteiger partial charge in [0.2, 0.25) is 0 Å². The van der Waals surface area contributed by atoms with E-state index in [1.807, 2.05) is 0 Å². The van der Waals surface area contributed by atoms with E-state index in [4.69, 9.17) is 5.73 Å². The molecule has 90 valence electrons. The van der Waals surface area contributed by atoms with Crippen molar-refractivity contribution in [1.82, 2.24) is 0 Å². The van der Waals surface area contributed by atoms with Gasteiger partial charge in [0.1, 0.15) is 5.82 Å². The van der Waals surface area contributed by atoms with Gasteiger partial charge in [-0.3, -0.25) is 0 Å². The maximum Gasteiger partial charge on any atom is 0.146 e. The largest absolute Gasteiger partial charge is 0.382 e. The van der Waals surface area contributed by atoms with Crippen LogP contribution in [0.4, 0.5) is 10.1 Å². The number of nitrogens with one attached hydrogen (secondary N) is 1. The Labute approximate surface area is 105 Å². The highest BCUT2D eigenvalue weighted by atomic mass is 79.9. The van der Waals surface area contributed by atoms with Crippen LogP contribution in [0.25, 0.3) is 0 Å². The van der Waals surface area contributed by atoms with E-state index in [9.17, 15) is 4.39 Å². The zero-order valence-corrected chi connectivity index (χ0v) is 11.2. The van der Waals surface area contributed by atoms with Crippen molar-refractivity contribution >= 4 is 21.6 Å². The van der Waals surface area contributed by atoms with Crippen LogP contribution in [0.1, 0.15) is 13.8 Å². The molecule has 0 saturated carbocycles. The first-order valence-electron chi connectivity index (χ1n) is 5.43. The average Bonchev–Trinajstić information content (AvgIpc) is 2.23. The van der Waals surface area contributed by atoms with E-state index in [2.05, 4.69) is 35.1 Å². The lowest BCUT2D eigenvalue weighted by Crippen LogP contribution is -2.27. The Morgan fingerprint density at radius 1 is 1.44 bits per heavy atom. The summed E-state index contributed by atoms with van der Waals surface area (Å²) in [5, 5.41) is 3.10. The van der Waals surface area contributed by atoms with Gasteiger partial charge >= 0.3 is 0 Å². The van der Waals surface area contributed by atoms with Crippen molar-refractivity contribution in [1.29, 1.82) is 0 Å². The molecule has 1 aromatic carbocycles. The molecule has 0 aliphatic rings. The number of halogens is 2. The Morgan fingerprint density at radius 2 is 2.12 bits per heavy atom. The minimum absolute atomic E-state index is 0.234. The second kappa shape index (κ2) is 6.21. The summed E-state index contributed by atoms with van der Waals surface area (Å²) in [6.07, 6.45) is 0. The number of anilines is 1. The SMILES string of the molecule is CC(C)C(CN)CNc1cc(Br)ccc1F. The van der Waals surface area contributed by atoms with Gasteiger partial charge in [-0.15, -0.1) is 0 Å². The van der Waals surface area contributed by atoms with E-state index in [1.54, 1.807) is 12.1 Å². The van der Waals surface area contributed by atoms with Gasteiger partial charge in [-0.05, 0) is 36.6 Å². The van der Waals surface area contributed by atoms with Crippen LogP contribution in [-0.2, 0) is 0 Å². The lowest BCUT2D eigenvalue weighted by atomic mass is 9.96. The molecule has 0 fully saturated rings. The van der Waals surface area contributed by atoms with Crippen molar-refractivity contribution in [2.24, 2.45) is 17.6 Å². The molecule has 4 heteroatoms. The fourth-order valence-electron chi connectivity index (χ4n) is 1.47. The highest BCUT2D eigenvalue weighted by molar-refractivity contribution is 9.10. The van der Waals surface area contributed by atoms with Crippen molar-refractivity contribution in [2.45, 2.75) is 13.8 Å². The zero-order chi connectivity index (χ0) is 12.1. The van der Waals surface area contributed by atoms with E-state index in [1.165, 1.54) is 6.07 Å². The summed E-state index contributed by atoms with van der Waals surface area (Å²) in [5.74, 6) is 0.619. The Morgan fingerprint density at radius 3 is 2.69 bits per heavy atom. The number of rotatable bonds is 5. The Kier molecular flexibility index (Phi) is 5.22. The number of hydrogen-bond acceptors (Lipinski definition) is 2. The van der Waals surface area contributed by atoms with E-state index < -0.39 is 0 Å². The number of nitrogens with two attached hydrogens (primary N) is 1. The van der Waals surface area contributed by atoms with Gasteiger partial charge in [0, 0.05) is 11.0 Å². The third-order valence-electron chi connectivity index (χ3n) is 2.73. The van der Waals surface area contributed by atoms with Crippen LogP contribution in [0.15, 0.2) is 22.7 Å². The second-order valence-electron chi connectivity index (χ2n) is 4.24. The molecule has 0 spiro atoms. The van der Waals surface area contributed by atoms with E-state index >= 15 is 0 Å². The van der Waals surface area contributed by atoms with Gasteiger partial charge in [-0.1, -0.05) is 29.8 Å². The van der Waals surface area contributed by atoms with Gasteiger partial charge in [0.25, 0.3) is 0 Å². The summed E-state index contributed by atoms with van der Waals surface area (Å²) in [6, 6.07) is 4.87. The lowest BCUT2D eigenvalue weighted by molar-refractivity contribution is 0.412. The van der Waals surface area contributed by atoms with E-state index in [0.29, 0.717) is 30.6 Å². The minimum atomic E-state index is -0.234. The van der Waals surface area contributed by atoms with E-state index in [-0.39, 0.29) is 5.82 Å². The van der Waals surface area contributed by atoms with Gasteiger partial charge < -0.3 is 11.1 Å². The first-order valence-corrected chi connectivity index (χ1v) is 6.23. The molecule has 1 rings (SSSR count). The smallest absolute Gasteiger partial charge is 0.146 e. The molecule has 3 N–H and O–H groups in total. The van der Waals surface area contributed by atoms with Crippen molar-refractivity contribution in [3.8, 4) is 0 Å². The van der Waals surface area contributed by atoms with Crippen LogP contribution in [0, 0.1) is 17.7 Å². The summed E-state index contributed by atoms with van der Waals surface area (Å²) in [4.78, 5) is 0. The fraction of sp³-hybridized carbons (Fsp3) is 0.500. The fourth-order valence-corrected chi connectivity index (χ4v) is 1.83. The normalized spacial score (nSPS) is 12.9. The van der Waals surface area contributed by atoms with Crippen LogP contribution < -0.4 is 11.1 Å². The summed E-state index contributed by atoms with van der Waals surface area (Å²) in [5.41, 5.74) is 6.18. The quantitative estimate of drug-likeness (QED) is 0.873. The van der Waals surface area contributed by atoms with Crippen molar-refractivity contribution in [3.63, 3.8) is 0 Å². The van der Waals surface area contributed by atoms with Crippen LogP contribution in [-0.4, -0.2) is 13.1 Å². The molecule has 2 nitrogen and oxygen atoms in total. The molecular weight excluding hydrogens is 271 g/mol. The average molecular weight is 289 g/mol. The van der Waals surface area contributed by atoms with Crippen molar-refractivity contribution in [3.05, 3.63) is 28.5 Å². The molecule has 0 aliphatic carbocycles. The monoisotopic (exact) mass is 288 g/mol. The first kappa shape index (κ1) is 13.5. The van der Waals surface area contributed by atoms with Crippen molar-refractivity contribution < 1.29 is 4.39 Å². The summed E-state index contributed by atoms with van der Waals surface area (Å²) in [6.45, 7) is 5.55. The topological polar surface area (TPSA) is 38.0 Å². The molecule has 1 unspecified atom stereocenters. The third-order valence-corrected chi connectivity index (χ3v) is 3.22. The molecule has 0 saturated heterocycles. The van der Waals surface area contributed by atoms with Gasteiger partial charge in [0.15, 0.2) is 0 Å². The first-order chi connectivity index (χ1) is 7.54. The van der Waals surface area contributed by atoms with Crippen LogP contribution in [0.5, 0.6) is 0 Å². The van der Waals surface area contributed by atoms with Gasteiger partial charge in [-0.25, -0.2) is 4.39 Å². The van der Waals surface area contributed by atoms with Crippen LogP contribution >= 0.6 is 15.9 Å². The third kappa shape index (κ3) is 3.76. The molecule has 0 aliphatic heterocycles. The predicted molar refractivity (Wildman–Crippen MR) is 70.0 cm³/mol. The standard InChI is InChI=1S/C12H18BrFN2/c1-8(2)9(6-15)7-16-12-5-10(13)3-4-11(12)14/h3-5,8-9,16H,6-7,15H2,1-2H3. The van der Waals surface area contributed by atoms with E-state index in [0.717, 1.165) is 4.47 Å². The molecule has 1 aromatic rings. The minimum Gasteiger partial charge on any atom is -0.382 e. The molecule has 16 heavy (non-hydrogen) atoms. The summed E-state index contributed by atoms with van der Waals surface area (Å²) < 4.78 is 14.3. The highest BCUT2D eigenvalue weighted by Crippen LogP contribution is 2.21. The highest BCUT2D eigenvalue weighted by Gasteiger charge is 2.12. The summed E-state index contributed by atoms with van der Waals surface area (Å²) in [7, 11) is 0. The van der Waals surface area contributed by atoms with Crippen molar-refractivity contribution in [2.75, 3.05) is 18.4 Å².